The first-order valence-electron chi connectivity index (χ1n) is 7.58. The molecule has 0 bridgehead atoms. The number of hydrogen-bond acceptors (Lipinski definition) is 4. The van der Waals surface area contributed by atoms with Crippen molar-refractivity contribution in [2.75, 3.05) is 13.2 Å². The van der Waals surface area contributed by atoms with Crippen LogP contribution < -0.4 is 4.74 Å². The van der Waals surface area contributed by atoms with E-state index >= 15 is 0 Å². The van der Waals surface area contributed by atoms with E-state index in [9.17, 15) is 5.11 Å². The minimum atomic E-state index is 0.237. The van der Waals surface area contributed by atoms with E-state index in [2.05, 4.69) is 20.8 Å². The van der Waals surface area contributed by atoms with Crippen molar-refractivity contribution in [3.8, 4) is 5.75 Å². The van der Waals surface area contributed by atoms with Crippen LogP contribution >= 0.6 is 0 Å². The molecule has 0 amide bonds. The quantitative estimate of drug-likeness (QED) is 0.909. The van der Waals surface area contributed by atoms with Gasteiger partial charge in [-0.1, -0.05) is 18.2 Å². The predicted molar refractivity (Wildman–Crippen MR) is 77.3 cm³/mol. The Hall–Kier alpha value is -1.88. The van der Waals surface area contributed by atoms with Gasteiger partial charge in [0, 0.05) is 25.5 Å². The van der Waals surface area contributed by atoms with Crippen LogP contribution in [-0.2, 0) is 19.4 Å². The van der Waals surface area contributed by atoms with E-state index < -0.39 is 0 Å². The lowest BCUT2D eigenvalue weighted by atomic mass is 9.94. The fourth-order valence-electron chi connectivity index (χ4n) is 3.36. The van der Waals surface area contributed by atoms with Crippen molar-refractivity contribution in [2.45, 2.75) is 31.7 Å². The number of benzene rings is 1. The number of ether oxygens (including phenoxy) is 1. The third-order valence-corrected chi connectivity index (χ3v) is 4.58. The molecule has 1 N–H and O–H groups in total. The highest BCUT2D eigenvalue weighted by atomic mass is 16.5. The number of fused-ring (bicyclic) bond motifs is 2. The van der Waals surface area contributed by atoms with E-state index in [4.69, 9.17) is 4.74 Å². The topological polar surface area (TPSA) is 60.2 Å². The first-order chi connectivity index (χ1) is 10.3. The molecule has 2 atom stereocenters. The molecule has 0 saturated carbocycles. The molecule has 2 unspecified atom stereocenters. The van der Waals surface area contributed by atoms with Crippen molar-refractivity contribution < 1.29 is 9.84 Å². The van der Waals surface area contributed by atoms with Gasteiger partial charge in [0.15, 0.2) is 0 Å². The fraction of sp³-hybridized carbons (Fsp3) is 0.500. The summed E-state index contributed by atoms with van der Waals surface area (Å²) in [6, 6.07) is 8.19. The zero-order chi connectivity index (χ0) is 14.2. The highest BCUT2D eigenvalue weighted by molar-refractivity contribution is 5.36. The van der Waals surface area contributed by atoms with Crippen LogP contribution in [0.2, 0.25) is 0 Å². The molecule has 4 rings (SSSR count). The second kappa shape index (κ2) is 5.15. The van der Waals surface area contributed by atoms with E-state index in [0.29, 0.717) is 12.5 Å². The van der Waals surface area contributed by atoms with E-state index in [1.165, 1.54) is 5.56 Å². The van der Waals surface area contributed by atoms with Gasteiger partial charge in [-0.05, 0) is 24.5 Å². The van der Waals surface area contributed by atoms with Gasteiger partial charge in [0.05, 0.1) is 12.5 Å². The highest BCUT2D eigenvalue weighted by Crippen LogP contribution is 2.33. The average Bonchev–Trinajstić information content (AvgIpc) is 2.97. The Balaban J connectivity index is 1.63. The molecule has 21 heavy (non-hydrogen) atoms. The van der Waals surface area contributed by atoms with Gasteiger partial charge in [-0.3, -0.25) is 0 Å². The summed E-state index contributed by atoms with van der Waals surface area (Å²) in [5, 5.41) is 18.2. The standard InChI is InChI=1S/C16H19N3O2/c20-9-11-5-6-15-17-18-16(19(15)8-11)13-7-12-3-1-2-4-14(12)21-10-13/h1-4,11,13,20H,5-10H2. The van der Waals surface area contributed by atoms with Crippen LogP contribution in [0, 0.1) is 5.92 Å². The molecule has 2 aromatic rings. The number of aliphatic hydroxyl groups is 1. The number of rotatable bonds is 2. The fourth-order valence-corrected chi connectivity index (χ4v) is 3.36. The smallest absolute Gasteiger partial charge is 0.139 e. The lowest BCUT2D eigenvalue weighted by Crippen LogP contribution is -2.28. The van der Waals surface area contributed by atoms with Crippen molar-refractivity contribution >= 4 is 0 Å². The normalized spacial score (nSPS) is 24.0. The van der Waals surface area contributed by atoms with Crippen LogP contribution in [-0.4, -0.2) is 33.1 Å². The van der Waals surface area contributed by atoms with E-state index in [1.54, 1.807) is 0 Å². The minimum absolute atomic E-state index is 0.237. The van der Waals surface area contributed by atoms with Gasteiger partial charge >= 0.3 is 0 Å². The summed E-state index contributed by atoms with van der Waals surface area (Å²) in [5.74, 6) is 3.62. The molecule has 5 nitrogen and oxygen atoms in total. The Bertz CT molecular complexity index is 653. The second-order valence-corrected chi connectivity index (χ2v) is 5.99. The summed E-state index contributed by atoms with van der Waals surface area (Å²) in [7, 11) is 0. The van der Waals surface area contributed by atoms with Gasteiger partial charge in [-0.15, -0.1) is 10.2 Å². The SMILES string of the molecule is OCC1CCc2nnc(C3COc4ccccc4C3)n2C1. The molecule has 0 saturated heterocycles. The monoisotopic (exact) mass is 285 g/mol. The molecule has 3 heterocycles. The van der Waals surface area contributed by atoms with Crippen LogP contribution in [0.4, 0.5) is 0 Å². The van der Waals surface area contributed by atoms with Gasteiger partial charge in [-0.2, -0.15) is 0 Å². The van der Waals surface area contributed by atoms with Crippen LogP contribution in [0.3, 0.4) is 0 Å². The summed E-state index contributed by atoms with van der Waals surface area (Å²) in [5.41, 5.74) is 1.24. The molecular weight excluding hydrogens is 266 g/mol. The number of aromatic nitrogens is 3. The summed E-state index contributed by atoms with van der Waals surface area (Å²) in [6.07, 6.45) is 2.85. The number of nitrogens with zero attached hydrogens (tertiary/aromatic N) is 3. The Morgan fingerprint density at radius 1 is 1.29 bits per heavy atom. The zero-order valence-electron chi connectivity index (χ0n) is 11.9. The van der Waals surface area contributed by atoms with Crippen LogP contribution in [0.25, 0.3) is 0 Å². The number of aryl methyl sites for hydroxylation is 1. The van der Waals surface area contributed by atoms with Gasteiger partial charge < -0.3 is 14.4 Å². The molecule has 1 aromatic heterocycles. The number of aliphatic hydroxyl groups excluding tert-OH is 1. The lowest BCUT2D eigenvalue weighted by Gasteiger charge is -2.28. The molecule has 2 aliphatic heterocycles. The summed E-state index contributed by atoms with van der Waals surface area (Å²) >= 11 is 0. The molecular formula is C16H19N3O2. The predicted octanol–water partition coefficient (Wildman–Crippen LogP) is 1.55. The van der Waals surface area contributed by atoms with Gasteiger partial charge in [0.25, 0.3) is 0 Å². The molecule has 110 valence electrons. The van der Waals surface area contributed by atoms with E-state index in [0.717, 1.165) is 43.2 Å². The van der Waals surface area contributed by atoms with Crippen molar-refractivity contribution in [3.05, 3.63) is 41.5 Å². The van der Waals surface area contributed by atoms with Crippen LogP contribution in [0.1, 0.15) is 29.6 Å². The van der Waals surface area contributed by atoms with E-state index in [-0.39, 0.29) is 12.5 Å². The molecule has 2 aliphatic rings. The van der Waals surface area contributed by atoms with Gasteiger partial charge in [0.2, 0.25) is 0 Å². The number of hydrogen-bond donors (Lipinski definition) is 1. The summed E-state index contributed by atoms with van der Waals surface area (Å²) < 4.78 is 8.07. The maximum atomic E-state index is 9.41. The second-order valence-electron chi connectivity index (χ2n) is 5.99. The van der Waals surface area contributed by atoms with Crippen LogP contribution in [0.15, 0.2) is 24.3 Å². The van der Waals surface area contributed by atoms with Gasteiger partial charge in [-0.25, -0.2) is 0 Å². The van der Waals surface area contributed by atoms with Crippen molar-refractivity contribution in [2.24, 2.45) is 5.92 Å². The molecule has 0 aliphatic carbocycles. The van der Waals surface area contributed by atoms with Crippen LogP contribution in [0.5, 0.6) is 5.75 Å². The first-order valence-corrected chi connectivity index (χ1v) is 7.58. The molecule has 5 heteroatoms. The number of para-hydroxylation sites is 1. The lowest BCUT2D eigenvalue weighted by molar-refractivity contribution is 0.186. The Labute approximate surface area is 123 Å². The molecule has 0 fully saturated rings. The molecule has 0 radical (unpaired) electrons. The minimum Gasteiger partial charge on any atom is -0.493 e. The zero-order valence-corrected chi connectivity index (χ0v) is 11.9. The van der Waals surface area contributed by atoms with Gasteiger partial charge in [0.1, 0.15) is 17.4 Å². The Morgan fingerprint density at radius 3 is 3.10 bits per heavy atom. The highest BCUT2D eigenvalue weighted by Gasteiger charge is 2.29. The summed E-state index contributed by atoms with van der Waals surface area (Å²) in [6.45, 7) is 1.71. The average molecular weight is 285 g/mol. The third-order valence-electron chi connectivity index (χ3n) is 4.58. The maximum absolute atomic E-state index is 9.41. The first kappa shape index (κ1) is 12.8. The Kier molecular flexibility index (Phi) is 3.15. The molecule has 1 aromatic carbocycles. The van der Waals surface area contributed by atoms with Crippen molar-refractivity contribution in [1.29, 1.82) is 0 Å². The summed E-state index contributed by atoms with van der Waals surface area (Å²) in [4.78, 5) is 0. The van der Waals surface area contributed by atoms with Crippen molar-refractivity contribution in [1.82, 2.24) is 14.8 Å². The van der Waals surface area contributed by atoms with Crippen molar-refractivity contribution in [3.63, 3.8) is 0 Å². The third kappa shape index (κ3) is 2.21. The maximum Gasteiger partial charge on any atom is 0.139 e. The largest absolute Gasteiger partial charge is 0.493 e. The molecule has 0 spiro atoms. The Morgan fingerprint density at radius 2 is 2.19 bits per heavy atom. The van der Waals surface area contributed by atoms with E-state index in [1.807, 2.05) is 18.2 Å².